The topological polar surface area (TPSA) is 131 Å². The predicted octanol–water partition coefficient (Wildman–Crippen LogP) is 2.13. The Bertz CT molecular complexity index is 1160. The van der Waals surface area contributed by atoms with Crippen LogP contribution in [0.15, 0.2) is 55.0 Å². The Morgan fingerprint density at radius 3 is 2.73 bits per heavy atom. The van der Waals surface area contributed by atoms with Crippen LogP contribution in [-0.4, -0.2) is 57.9 Å². The Hall–Kier alpha value is -4.16. The first-order chi connectivity index (χ1) is 16.0. The van der Waals surface area contributed by atoms with Crippen molar-refractivity contribution in [3.63, 3.8) is 0 Å². The number of carboxylic acids is 1. The van der Waals surface area contributed by atoms with Crippen LogP contribution in [0.2, 0.25) is 0 Å². The van der Waals surface area contributed by atoms with Crippen molar-refractivity contribution >= 4 is 23.3 Å². The summed E-state index contributed by atoms with van der Waals surface area (Å²) in [4.78, 5) is 27.3. The number of nitrogens with zero attached hydrogens (tertiary/aromatic N) is 2. The molecule has 1 aromatic carbocycles. The number of pyridine rings is 2. The van der Waals surface area contributed by atoms with E-state index >= 15 is 0 Å². The van der Waals surface area contributed by atoms with Gasteiger partial charge in [-0.05, 0) is 24.1 Å². The van der Waals surface area contributed by atoms with E-state index in [1.165, 1.54) is 6.20 Å². The van der Waals surface area contributed by atoms with Gasteiger partial charge in [-0.1, -0.05) is 24.1 Å². The fraction of sp³-hybridized carbons (Fsp3) is 0.250. The molecule has 1 saturated heterocycles. The van der Waals surface area contributed by atoms with Gasteiger partial charge in [-0.2, -0.15) is 0 Å². The lowest BCUT2D eigenvalue weighted by Gasteiger charge is -2.33. The molecule has 9 nitrogen and oxygen atoms in total. The van der Waals surface area contributed by atoms with Gasteiger partial charge in [0.2, 0.25) is 6.41 Å². The molecule has 1 aliphatic rings. The molecule has 3 aromatic rings. The molecule has 0 atom stereocenters. The number of carbonyl (C=O) groups is 2. The average Bonchev–Trinajstić information content (AvgIpc) is 2.83. The number of ether oxygens (including phenoxy) is 2. The number of rotatable bonds is 5. The molecule has 3 heterocycles. The van der Waals surface area contributed by atoms with Crippen LogP contribution in [0.25, 0.3) is 10.9 Å². The van der Waals surface area contributed by atoms with E-state index in [2.05, 4.69) is 21.8 Å². The predicted molar refractivity (Wildman–Crippen MR) is 120 cm³/mol. The quantitative estimate of drug-likeness (QED) is 0.399. The molecule has 2 aromatic heterocycles. The summed E-state index contributed by atoms with van der Waals surface area (Å²) in [5.41, 5.74) is 0.812. The first-order valence-corrected chi connectivity index (χ1v) is 10.2. The normalized spacial score (nSPS) is 14.1. The smallest absolute Gasteiger partial charge is 0.322 e. The fourth-order valence-electron chi connectivity index (χ4n) is 3.13. The number of amides is 1. The van der Waals surface area contributed by atoms with Crippen molar-refractivity contribution in [1.82, 2.24) is 15.3 Å². The number of hydrogen-bond acceptors (Lipinski definition) is 7. The van der Waals surface area contributed by atoms with E-state index in [1.807, 2.05) is 35.6 Å². The highest BCUT2D eigenvalue weighted by molar-refractivity contribution is 5.84. The summed E-state index contributed by atoms with van der Waals surface area (Å²) in [5.74, 6) is 6.13. The van der Waals surface area contributed by atoms with Crippen molar-refractivity contribution in [2.45, 2.75) is 18.4 Å². The fourth-order valence-corrected chi connectivity index (χ4v) is 3.13. The van der Waals surface area contributed by atoms with Crippen molar-refractivity contribution in [1.29, 1.82) is 0 Å². The Morgan fingerprint density at radius 2 is 2.03 bits per heavy atom. The largest absolute Gasteiger partial charge is 0.506 e. The highest BCUT2D eigenvalue weighted by Crippen LogP contribution is 2.31. The number of nitrogens with one attached hydrogen (secondary N) is 1. The number of aliphatic carboxylic acids is 1. The summed E-state index contributed by atoms with van der Waals surface area (Å²) in [6.07, 6.45) is 6.43. The number of hydrogen-bond donors (Lipinski definition) is 3. The first-order valence-electron chi connectivity index (χ1n) is 10.2. The van der Waals surface area contributed by atoms with Crippen LogP contribution >= 0.6 is 0 Å². The van der Waals surface area contributed by atoms with E-state index in [4.69, 9.17) is 14.6 Å². The minimum Gasteiger partial charge on any atom is -0.506 e. The Balaban J connectivity index is 0.000000383. The average molecular weight is 449 g/mol. The minimum atomic E-state index is -1.04. The van der Waals surface area contributed by atoms with Crippen molar-refractivity contribution in [3.8, 4) is 23.3 Å². The Morgan fingerprint density at radius 1 is 1.24 bits per heavy atom. The van der Waals surface area contributed by atoms with E-state index in [1.54, 1.807) is 18.5 Å². The van der Waals surface area contributed by atoms with Crippen molar-refractivity contribution in [3.05, 3.63) is 60.6 Å². The summed E-state index contributed by atoms with van der Waals surface area (Å²) >= 11 is 0. The third-order valence-electron chi connectivity index (χ3n) is 4.70. The molecule has 0 spiro atoms. The van der Waals surface area contributed by atoms with Crippen LogP contribution in [0, 0.1) is 11.8 Å². The van der Waals surface area contributed by atoms with Crippen molar-refractivity contribution < 1.29 is 29.3 Å². The molecule has 0 unspecified atom stereocenters. The van der Waals surface area contributed by atoms with Gasteiger partial charge in [0.25, 0.3) is 0 Å². The molecular weight excluding hydrogens is 426 g/mol. The van der Waals surface area contributed by atoms with Gasteiger partial charge in [-0.3, -0.25) is 19.6 Å². The van der Waals surface area contributed by atoms with Gasteiger partial charge in [0, 0.05) is 36.2 Å². The second-order valence-corrected chi connectivity index (χ2v) is 7.11. The molecular formula is C24H23N3O6. The lowest BCUT2D eigenvalue weighted by Crippen LogP contribution is -2.40. The number of carbonyl (C=O) groups excluding carboxylic acids is 1. The van der Waals surface area contributed by atoms with Crippen LogP contribution in [-0.2, 0) is 14.3 Å². The molecule has 1 amide bonds. The number of aromatic nitrogens is 2. The second-order valence-electron chi connectivity index (χ2n) is 7.11. The zero-order valence-corrected chi connectivity index (χ0v) is 17.7. The number of fused-ring (bicyclic) bond motifs is 1. The lowest BCUT2D eigenvalue weighted by molar-refractivity contribution is -0.136. The lowest BCUT2D eigenvalue weighted by atomic mass is 9.94. The molecule has 9 heteroatoms. The molecule has 1 fully saturated rings. The first kappa shape index (κ1) is 23.5. The molecule has 0 saturated carbocycles. The van der Waals surface area contributed by atoms with Gasteiger partial charge in [0.1, 0.15) is 23.6 Å². The van der Waals surface area contributed by atoms with Gasteiger partial charge in [-0.15, -0.1) is 0 Å². The van der Waals surface area contributed by atoms with Gasteiger partial charge in [-0.25, -0.2) is 0 Å². The maximum absolute atomic E-state index is 9.58. The molecule has 0 radical (unpaired) electrons. The van der Waals surface area contributed by atoms with E-state index in [0.29, 0.717) is 43.8 Å². The van der Waals surface area contributed by atoms with E-state index in [-0.39, 0.29) is 12.3 Å². The van der Waals surface area contributed by atoms with Crippen molar-refractivity contribution in [2.24, 2.45) is 0 Å². The highest BCUT2D eigenvalue weighted by atomic mass is 16.5. The summed E-state index contributed by atoms with van der Waals surface area (Å²) < 4.78 is 11.9. The van der Waals surface area contributed by atoms with Gasteiger partial charge in [0.05, 0.1) is 19.4 Å². The third kappa shape index (κ3) is 6.92. The molecule has 33 heavy (non-hydrogen) atoms. The third-order valence-corrected chi connectivity index (χ3v) is 4.70. The molecule has 0 bridgehead atoms. The van der Waals surface area contributed by atoms with Crippen LogP contribution in [0.5, 0.6) is 11.5 Å². The van der Waals surface area contributed by atoms with Gasteiger partial charge < -0.3 is 25.0 Å². The number of carboxylic acid groups (broad SMARTS) is 1. The Labute approximate surface area is 190 Å². The van der Waals surface area contributed by atoms with Crippen molar-refractivity contribution in [2.75, 3.05) is 19.8 Å². The number of aromatic hydroxyl groups is 1. The second kappa shape index (κ2) is 11.5. The van der Waals surface area contributed by atoms with Crippen LogP contribution in [0.3, 0.4) is 0 Å². The maximum Gasteiger partial charge on any atom is 0.322 e. The van der Waals surface area contributed by atoms with Crippen LogP contribution in [0.1, 0.15) is 18.4 Å². The minimum absolute atomic E-state index is 0.0944. The molecule has 0 aliphatic carbocycles. The summed E-state index contributed by atoms with van der Waals surface area (Å²) in [7, 11) is 0. The zero-order valence-electron chi connectivity index (χ0n) is 17.7. The summed E-state index contributed by atoms with van der Waals surface area (Å²) in [6, 6.07) is 11.4. The van der Waals surface area contributed by atoms with Crippen LogP contribution < -0.4 is 10.1 Å². The van der Waals surface area contributed by atoms with Crippen LogP contribution in [0.4, 0.5) is 0 Å². The zero-order chi connectivity index (χ0) is 23.5. The maximum atomic E-state index is 9.58. The number of para-hydroxylation sites is 1. The summed E-state index contributed by atoms with van der Waals surface area (Å²) in [6.45, 7) is 0.875. The van der Waals surface area contributed by atoms with E-state index < -0.39 is 11.6 Å². The monoisotopic (exact) mass is 449 g/mol. The van der Waals surface area contributed by atoms with E-state index in [9.17, 15) is 14.7 Å². The van der Waals surface area contributed by atoms with E-state index in [0.717, 1.165) is 10.9 Å². The molecule has 4 rings (SSSR count). The Kier molecular flexibility index (Phi) is 8.16. The molecule has 3 N–H and O–H groups in total. The number of benzene rings is 1. The van der Waals surface area contributed by atoms with Gasteiger partial charge >= 0.3 is 5.97 Å². The van der Waals surface area contributed by atoms with Gasteiger partial charge in [0.15, 0.2) is 5.60 Å². The standard InChI is InChI=1S/C21H18N2O3.C3H5NO3/c24-18-13-16(14-22-15-18)6-7-21(8-11-25-12-9-21)26-19-5-1-3-17-4-2-10-23-20(17)19;5-2-4-1-3(6)7/h1-5,10,13-15,24H,8-9,11-12H2;2H,1H2,(H,4,5)(H,6,7). The molecule has 170 valence electrons. The SMILES string of the molecule is O=CNCC(=O)O.Oc1cncc(C#CC2(Oc3cccc4cccnc34)CCOCC2)c1. The summed E-state index contributed by atoms with van der Waals surface area (Å²) in [5, 5.41) is 20.4. The highest BCUT2D eigenvalue weighted by Gasteiger charge is 2.33. The molecule has 1 aliphatic heterocycles.